The first-order chi connectivity index (χ1) is 8.47. The van der Waals surface area contributed by atoms with Gasteiger partial charge in [0.1, 0.15) is 10.8 Å². The van der Waals surface area contributed by atoms with Gasteiger partial charge in [-0.2, -0.15) is 0 Å². The zero-order valence-corrected chi connectivity index (χ0v) is 11.0. The number of likely N-dealkylation sites (tertiary alicyclic amines) is 1. The number of nitrogens with zero attached hydrogens (tertiary/aromatic N) is 1. The van der Waals surface area contributed by atoms with Crippen LogP contribution in [0.15, 0.2) is 18.2 Å². The lowest BCUT2D eigenvalue weighted by Gasteiger charge is -2.18. The Labute approximate surface area is 111 Å². The lowest BCUT2D eigenvalue weighted by Crippen LogP contribution is -2.26. The van der Waals surface area contributed by atoms with E-state index in [1.165, 1.54) is 12.1 Å². The largest absolute Gasteiger partial charge is 0.389 e. The first kappa shape index (κ1) is 13.0. The van der Waals surface area contributed by atoms with Crippen molar-refractivity contribution in [3.63, 3.8) is 0 Å². The molecule has 5 heteroatoms. The molecule has 96 valence electrons. The van der Waals surface area contributed by atoms with Crippen LogP contribution in [0.1, 0.15) is 24.5 Å². The number of hydrogen-bond acceptors (Lipinski definition) is 2. The van der Waals surface area contributed by atoms with Crippen molar-refractivity contribution in [3.8, 4) is 0 Å². The zero-order valence-electron chi connectivity index (χ0n) is 10.1. The molecule has 0 aromatic heterocycles. The van der Waals surface area contributed by atoms with Crippen LogP contribution in [0.4, 0.5) is 4.39 Å². The van der Waals surface area contributed by atoms with Gasteiger partial charge < -0.3 is 10.6 Å². The summed E-state index contributed by atoms with van der Waals surface area (Å²) in [7, 11) is 0. The summed E-state index contributed by atoms with van der Waals surface area (Å²) in [4.78, 5) is 13.7. The second-order valence-corrected chi connectivity index (χ2v) is 5.19. The standard InChI is InChI=1S/C13H15FN2OS/c1-8-4-12(17)16(6-8)7-9-5-10(14)2-3-11(9)13(15)18/h2-3,5,8H,4,6-7H2,1H3,(H2,15,18). The number of rotatable bonds is 3. The highest BCUT2D eigenvalue weighted by molar-refractivity contribution is 7.80. The van der Waals surface area contributed by atoms with E-state index >= 15 is 0 Å². The first-order valence-electron chi connectivity index (χ1n) is 5.83. The number of halogens is 1. The van der Waals surface area contributed by atoms with Crippen molar-refractivity contribution < 1.29 is 9.18 Å². The highest BCUT2D eigenvalue weighted by atomic mass is 32.1. The molecule has 1 atom stereocenters. The fourth-order valence-corrected chi connectivity index (χ4v) is 2.46. The van der Waals surface area contributed by atoms with Crippen molar-refractivity contribution in [1.82, 2.24) is 4.90 Å². The summed E-state index contributed by atoms with van der Waals surface area (Å²) in [6.45, 7) is 3.09. The molecule has 2 N–H and O–H groups in total. The number of hydrogen-bond donors (Lipinski definition) is 1. The number of nitrogens with two attached hydrogens (primary N) is 1. The van der Waals surface area contributed by atoms with Crippen molar-refractivity contribution in [2.24, 2.45) is 11.7 Å². The van der Waals surface area contributed by atoms with Gasteiger partial charge in [0.05, 0.1) is 0 Å². The third-order valence-corrected chi connectivity index (χ3v) is 3.32. The number of carbonyl (C=O) groups excluding carboxylic acids is 1. The maximum absolute atomic E-state index is 13.3. The molecular weight excluding hydrogens is 251 g/mol. The number of amides is 1. The van der Waals surface area contributed by atoms with Crippen LogP contribution in [0.3, 0.4) is 0 Å². The summed E-state index contributed by atoms with van der Waals surface area (Å²) < 4.78 is 13.3. The Balaban J connectivity index is 2.25. The van der Waals surface area contributed by atoms with Crippen molar-refractivity contribution in [2.75, 3.05) is 6.54 Å². The number of benzene rings is 1. The molecule has 2 rings (SSSR count). The third-order valence-electron chi connectivity index (χ3n) is 3.10. The average molecular weight is 266 g/mol. The van der Waals surface area contributed by atoms with Crippen molar-refractivity contribution in [3.05, 3.63) is 35.1 Å². The maximum atomic E-state index is 13.3. The Bertz CT molecular complexity index is 504. The van der Waals surface area contributed by atoms with Gasteiger partial charge in [-0.15, -0.1) is 0 Å². The summed E-state index contributed by atoms with van der Waals surface area (Å²) in [5, 5.41) is 0. The summed E-state index contributed by atoms with van der Waals surface area (Å²) >= 11 is 4.94. The molecule has 0 aliphatic carbocycles. The summed E-state index contributed by atoms with van der Waals surface area (Å²) in [5.74, 6) is 0.102. The van der Waals surface area contributed by atoms with Gasteiger partial charge in [0, 0.05) is 25.1 Å². The molecule has 1 saturated heterocycles. The van der Waals surface area contributed by atoms with E-state index in [0.29, 0.717) is 36.6 Å². The summed E-state index contributed by atoms with van der Waals surface area (Å²) in [6.07, 6.45) is 0.553. The molecule has 1 amide bonds. The zero-order chi connectivity index (χ0) is 13.3. The Morgan fingerprint density at radius 2 is 2.33 bits per heavy atom. The Morgan fingerprint density at radius 1 is 1.61 bits per heavy atom. The number of thiocarbonyl (C=S) groups is 1. The van der Waals surface area contributed by atoms with Crippen LogP contribution >= 0.6 is 12.2 Å². The van der Waals surface area contributed by atoms with Gasteiger partial charge in [0.2, 0.25) is 5.91 Å². The van der Waals surface area contributed by atoms with Gasteiger partial charge >= 0.3 is 0 Å². The third kappa shape index (κ3) is 2.67. The van der Waals surface area contributed by atoms with E-state index in [-0.39, 0.29) is 16.7 Å². The Morgan fingerprint density at radius 3 is 2.89 bits per heavy atom. The van der Waals surface area contributed by atoms with Crippen molar-refractivity contribution in [1.29, 1.82) is 0 Å². The summed E-state index contributed by atoms with van der Waals surface area (Å²) in [6, 6.07) is 4.29. The maximum Gasteiger partial charge on any atom is 0.223 e. The minimum absolute atomic E-state index is 0.0978. The van der Waals surface area contributed by atoms with E-state index in [1.807, 2.05) is 6.92 Å². The molecule has 1 aliphatic heterocycles. The molecule has 0 bridgehead atoms. The van der Waals surface area contributed by atoms with Gasteiger partial charge in [0.15, 0.2) is 0 Å². The van der Waals surface area contributed by atoms with Gasteiger partial charge in [-0.05, 0) is 29.7 Å². The molecular formula is C13H15FN2OS. The highest BCUT2D eigenvalue weighted by Crippen LogP contribution is 2.21. The summed E-state index contributed by atoms with van der Waals surface area (Å²) in [5.41, 5.74) is 6.92. The van der Waals surface area contributed by atoms with Crippen LogP contribution in [0.2, 0.25) is 0 Å². The van der Waals surface area contributed by atoms with Crippen LogP contribution in [-0.2, 0) is 11.3 Å². The highest BCUT2D eigenvalue weighted by Gasteiger charge is 2.27. The second kappa shape index (κ2) is 5.02. The van der Waals surface area contributed by atoms with Gasteiger partial charge in [-0.1, -0.05) is 19.1 Å². The van der Waals surface area contributed by atoms with Crippen molar-refractivity contribution in [2.45, 2.75) is 19.9 Å². The predicted octanol–water partition coefficient (Wildman–Crippen LogP) is 1.83. The second-order valence-electron chi connectivity index (χ2n) is 4.75. The van der Waals surface area contributed by atoms with Gasteiger partial charge in [0.25, 0.3) is 0 Å². The van der Waals surface area contributed by atoms with E-state index in [4.69, 9.17) is 18.0 Å². The minimum Gasteiger partial charge on any atom is -0.389 e. The fourth-order valence-electron chi connectivity index (χ4n) is 2.26. The van der Waals surface area contributed by atoms with Gasteiger partial charge in [-0.3, -0.25) is 4.79 Å². The molecule has 1 aromatic carbocycles. The lowest BCUT2D eigenvalue weighted by atomic mass is 10.1. The first-order valence-corrected chi connectivity index (χ1v) is 6.24. The van der Waals surface area contributed by atoms with Crippen LogP contribution < -0.4 is 5.73 Å². The topological polar surface area (TPSA) is 46.3 Å². The van der Waals surface area contributed by atoms with E-state index in [2.05, 4.69) is 0 Å². The van der Waals surface area contributed by atoms with Crippen LogP contribution in [0.5, 0.6) is 0 Å². The normalized spacial score (nSPS) is 19.3. The monoisotopic (exact) mass is 266 g/mol. The minimum atomic E-state index is -0.343. The molecule has 3 nitrogen and oxygen atoms in total. The van der Waals surface area contributed by atoms with Crippen LogP contribution in [0, 0.1) is 11.7 Å². The Hall–Kier alpha value is -1.49. The SMILES string of the molecule is CC1CC(=O)N(Cc2cc(F)ccc2C(N)=S)C1. The quantitative estimate of drug-likeness (QED) is 0.849. The lowest BCUT2D eigenvalue weighted by molar-refractivity contribution is -0.128. The number of carbonyl (C=O) groups is 1. The van der Waals surface area contributed by atoms with E-state index in [1.54, 1.807) is 11.0 Å². The van der Waals surface area contributed by atoms with Crippen molar-refractivity contribution >= 4 is 23.1 Å². The predicted molar refractivity (Wildman–Crippen MR) is 71.5 cm³/mol. The molecule has 1 aliphatic rings. The average Bonchev–Trinajstić information content (AvgIpc) is 2.57. The molecule has 1 fully saturated rings. The fraction of sp³-hybridized carbons (Fsp3) is 0.385. The van der Waals surface area contributed by atoms with E-state index in [0.717, 1.165) is 0 Å². The van der Waals surface area contributed by atoms with Gasteiger partial charge in [-0.25, -0.2) is 4.39 Å². The molecule has 0 saturated carbocycles. The molecule has 0 spiro atoms. The smallest absolute Gasteiger partial charge is 0.223 e. The van der Waals surface area contributed by atoms with E-state index < -0.39 is 0 Å². The van der Waals surface area contributed by atoms with Crippen LogP contribution in [0.25, 0.3) is 0 Å². The van der Waals surface area contributed by atoms with Crippen LogP contribution in [-0.4, -0.2) is 22.3 Å². The molecule has 1 aromatic rings. The Kier molecular flexibility index (Phi) is 3.61. The molecule has 18 heavy (non-hydrogen) atoms. The molecule has 1 heterocycles. The molecule has 0 radical (unpaired) electrons. The van der Waals surface area contributed by atoms with E-state index in [9.17, 15) is 9.18 Å². The molecule has 1 unspecified atom stereocenters.